The fourth-order valence-corrected chi connectivity index (χ4v) is 3.48. The van der Waals surface area contributed by atoms with Crippen LogP contribution in [0.3, 0.4) is 0 Å². The first-order valence-electron chi connectivity index (χ1n) is 6.42. The van der Waals surface area contributed by atoms with Crippen molar-refractivity contribution in [1.29, 1.82) is 0 Å². The second-order valence-electron chi connectivity index (χ2n) is 5.15. The van der Waals surface area contributed by atoms with E-state index in [4.69, 9.17) is 10.5 Å². The number of nitrogens with two attached hydrogens (primary N) is 1. The fraction of sp³-hybridized carbons (Fsp3) is 0.571. The molecule has 18 heavy (non-hydrogen) atoms. The van der Waals surface area contributed by atoms with E-state index in [1.807, 2.05) is 6.92 Å². The fourth-order valence-electron chi connectivity index (χ4n) is 1.97. The minimum atomic E-state index is 0.172. The summed E-state index contributed by atoms with van der Waals surface area (Å²) in [7, 11) is 0. The third kappa shape index (κ3) is 4.25. The van der Waals surface area contributed by atoms with Crippen molar-refractivity contribution in [3.05, 3.63) is 26.6 Å². The molecule has 0 spiro atoms. The van der Waals surface area contributed by atoms with E-state index >= 15 is 0 Å². The first-order chi connectivity index (χ1) is 8.56. The van der Waals surface area contributed by atoms with Gasteiger partial charge in [0.25, 0.3) is 0 Å². The zero-order chi connectivity index (χ0) is 13.1. The Balaban J connectivity index is 2.00. The van der Waals surface area contributed by atoms with Crippen LogP contribution in [0.4, 0.5) is 0 Å². The Hall–Kier alpha value is -0.0600. The molecule has 0 heterocycles. The van der Waals surface area contributed by atoms with Gasteiger partial charge in [0, 0.05) is 6.04 Å². The van der Waals surface area contributed by atoms with E-state index in [9.17, 15) is 0 Å². The zero-order valence-electron chi connectivity index (χ0n) is 10.6. The van der Waals surface area contributed by atoms with Gasteiger partial charge < -0.3 is 10.5 Å². The SMILES string of the molecule is CC(N)Cc1cc(Br)c(OCCC2CC2)c(Br)c1. The molecule has 0 bridgehead atoms. The predicted octanol–water partition coefficient (Wildman–Crippen LogP) is 4.28. The largest absolute Gasteiger partial charge is 0.491 e. The normalized spacial score (nSPS) is 16.7. The minimum Gasteiger partial charge on any atom is -0.491 e. The third-order valence-corrected chi connectivity index (χ3v) is 4.26. The summed E-state index contributed by atoms with van der Waals surface area (Å²) in [6.07, 6.45) is 4.79. The first-order valence-corrected chi connectivity index (χ1v) is 8.01. The molecular weight excluding hydrogens is 358 g/mol. The van der Waals surface area contributed by atoms with Crippen molar-refractivity contribution in [1.82, 2.24) is 0 Å². The average Bonchev–Trinajstić information content (AvgIpc) is 3.05. The first kappa shape index (κ1) is 14.4. The summed E-state index contributed by atoms with van der Waals surface area (Å²) in [4.78, 5) is 0. The number of benzene rings is 1. The van der Waals surface area contributed by atoms with Crippen molar-refractivity contribution < 1.29 is 4.74 Å². The van der Waals surface area contributed by atoms with Crippen LogP contribution in [0, 0.1) is 5.92 Å². The summed E-state index contributed by atoms with van der Waals surface area (Å²) in [5.74, 6) is 1.81. The number of rotatable bonds is 6. The summed E-state index contributed by atoms with van der Waals surface area (Å²) >= 11 is 7.15. The molecule has 0 amide bonds. The lowest BCUT2D eigenvalue weighted by molar-refractivity contribution is 0.299. The van der Waals surface area contributed by atoms with Gasteiger partial charge >= 0.3 is 0 Å². The van der Waals surface area contributed by atoms with Gasteiger partial charge in [0.05, 0.1) is 15.6 Å². The maximum atomic E-state index is 5.85. The number of hydrogen-bond acceptors (Lipinski definition) is 2. The highest BCUT2D eigenvalue weighted by Crippen LogP contribution is 2.37. The molecule has 1 saturated carbocycles. The summed E-state index contributed by atoms with van der Waals surface area (Å²) in [6, 6.07) is 4.37. The lowest BCUT2D eigenvalue weighted by Gasteiger charge is -2.13. The minimum absolute atomic E-state index is 0.172. The second kappa shape index (κ2) is 6.40. The van der Waals surface area contributed by atoms with Crippen LogP contribution >= 0.6 is 31.9 Å². The predicted molar refractivity (Wildman–Crippen MR) is 82.0 cm³/mol. The Morgan fingerprint density at radius 1 is 1.33 bits per heavy atom. The molecular formula is C14H19Br2NO. The van der Waals surface area contributed by atoms with Gasteiger partial charge in [-0.15, -0.1) is 0 Å². The standard InChI is InChI=1S/C14H19Br2NO/c1-9(17)6-11-7-12(15)14(13(16)8-11)18-5-4-10-2-3-10/h7-10H,2-6,17H2,1H3. The summed E-state index contributed by atoms with van der Waals surface area (Å²) in [5.41, 5.74) is 7.04. The van der Waals surface area contributed by atoms with Crippen molar-refractivity contribution in [2.75, 3.05) is 6.61 Å². The van der Waals surface area contributed by atoms with Gasteiger partial charge in [0.15, 0.2) is 0 Å². The van der Waals surface area contributed by atoms with Crippen LogP contribution in [0.15, 0.2) is 21.1 Å². The second-order valence-corrected chi connectivity index (χ2v) is 6.86. The monoisotopic (exact) mass is 375 g/mol. The van der Waals surface area contributed by atoms with Gasteiger partial charge in [0.1, 0.15) is 5.75 Å². The van der Waals surface area contributed by atoms with Crippen LogP contribution in [0.2, 0.25) is 0 Å². The number of hydrogen-bond donors (Lipinski definition) is 1. The lowest BCUT2D eigenvalue weighted by atomic mass is 10.1. The van der Waals surface area contributed by atoms with Gasteiger partial charge in [-0.3, -0.25) is 0 Å². The van der Waals surface area contributed by atoms with Crippen LogP contribution in [0.1, 0.15) is 31.7 Å². The maximum absolute atomic E-state index is 5.85. The van der Waals surface area contributed by atoms with Crippen LogP contribution in [-0.2, 0) is 6.42 Å². The van der Waals surface area contributed by atoms with E-state index in [0.717, 1.165) is 33.6 Å². The van der Waals surface area contributed by atoms with Crippen molar-refractivity contribution in [2.24, 2.45) is 11.7 Å². The van der Waals surface area contributed by atoms with Crippen molar-refractivity contribution in [2.45, 2.75) is 38.6 Å². The molecule has 1 aliphatic rings. The molecule has 2 N–H and O–H groups in total. The lowest BCUT2D eigenvalue weighted by Crippen LogP contribution is -2.17. The van der Waals surface area contributed by atoms with Gasteiger partial charge in [-0.25, -0.2) is 0 Å². The quantitative estimate of drug-likeness (QED) is 0.804. The molecule has 1 aliphatic carbocycles. The van der Waals surface area contributed by atoms with Crippen molar-refractivity contribution >= 4 is 31.9 Å². The summed E-state index contributed by atoms with van der Waals surface area (Å²) in [6.45, 7) is 2.82. The summed E-state index contributed by atoms with van der Waals surface area (Å²) < 4.78 is 7.86. The molecule has 0 aliphatic heterocycles. The molecule has 0 radical (unpaired) electrons. The molecule has 100 valence electrons. The average molecular weight is 377 g/mol. The molecule has 1 aromatic rings. The van der Waals surface area contributed by atoms with Gasteiger partial charge in [-0.05, 0) is 75.2 Å². The molecule has 1 unspecified atom stereocenters. The topological polar surface area (TPSA) is 35.2 Å². The molecule has 1 aromatic carbocycles. The van der Waals surface area contributed by atoms with Gasteiger partial charge in [-0.1, -0.05) is 12.8 Å². The Morgan fingerprint density at radius 3 is 2.44 bits per heavy atom. The van der Waals surface area contributed by atoms with E-state index in [1.165, 1.54) is 24.8 Å². The smallest absolute Gasteiger partial charge is 0.147 e. The van der Waals surface area contributed by atoms with E-state index in [-0.39, 0.29) is 6.04 Å². The van der Waals surface area contributed by atoms with Crippen LogP contribution < -0.4 is 10.5 Å². The Morgan fingerprint density at radius 2 is 1.94 bits per heavy atom. The summed E-state index contributed by atoms with van der Waals surface area (Å²) in [5, 5.41) is 0. The highest BCUT2D eigenvalue weighted by molar-refractivity contribution is 9.11. The Labute approximate surface area is 126 Å². The molecule has 1 atom stereocenters. The highest BCUT2D eigenvalue weighted by Gasteiger charge is 2.21. The number of ether oxygens (including phenoxy) is 1. The highest BCUT2D eigenvalue weighted by atomic mass is 79.9. The molecule has 2 rings (SSSR count). The Kier molecular flexibility index (Phi) is 5.10. The Bertz CT molecular complexity index is 393. The van der Waals surface area contributed by atoms with Crippen LogP contribution in [0.25, 0.3) is 0 Å². The molecule has 1 fully saturated rings. The zero-order valence-corrected chi connectivity index (χ0v) is 13.8. The van der Waals surface area contributed by atoms with E-state index in [0.29, 0.717) is 0 Å². The van der Waals surface area contributed by atoms with E-state index in [2.05, 4.69) is 44.0 Å². The number of halogens is 2. The maximum Gasteiger partial charge on any atom is 0.147 e. The molecule has 0 saturated heterocycles. The van der Waals surface area contributed by atoms with Gasteiger partial charge in [0.2, 0.25) is 0 Å². The van der Waals surface area contributed by atoms with Crippen LogP contribution in [0.5, 0.6) is 5.75 Å². The third-order valence-electron chi connectivity index (χ3n) is 3.09. The molecule has 2 nitrogen and oxygen atoms in total. The van der Waals surface area contributed by atoms with Gasteiger partial charge in [-0.2, -0.15) is 0 Å². The van der Waals surface area contributed by atoms with E-state index in [1.54, 1.807) is 0 Å². The van der Waals surface area contributed by atoms with Crippen molar-refractivity contribution in [3.8, 4) is 5.75 Å². The van der Waals surface area contributed by atoms with Crippen LogP contribution in [-0.4, -0.2) is 12.6 Å². The van der Waals surface area contributed by atoms with E-state index < -0.39 is 0 Å². The molecule has 4 heteroatoms. The molecule has 0 aromatic heterocycles. The van der Waals surface area contributed by atoms with Crippen molar-refractivity contribution in [3.63, 3.8) is 0 Å².